The Morgan fingerprint density at radius 1 is 1.53 bits per heavy atom. The third-order valence-electron chi connectivity index (χ3n) is 2.37. The molecule has 0 aromatic carbocycles. The summed E-state index contributed by atoms with van der Waals surface area (Å²) in [6.45, 7) is 4.13. The summed E-state index contributed by atoms with van der Waals surface area (Å²) in [6, 6.07) is 0.619. The summed E-state index contributed by atoms with van der Waals surface area (Å²) in [7, 11) is 4.25. The van der Waals surface area contributed by atoms with Crippen LogP contribution in [-0.4, -0.2) is 36.6 Å². The van der Waals surface area contributed by atoms with Crippen molar-refractivity contribution in [1.82, 2.24) is 15.2 Å². The predicted molar refractivity (Wildman–Crippen MR) is 68.8 cm³/mol. The average Bonchev–Trinajstić information content (AvgIpc) is 2.64. The number of hydrogen-bond acceptors (Lipinski definition) is 4. The lowest BCUT2D eigenvalue weighted by atomic mass is 10.2. The highest BCUT2D eigenvalue weighted by atomic mass is 35.5. The highest BCUT2D eigenvalue weighted by Gasteiger charge is 2.07. The number of aromatic nitrogens is 1. The number of nitrogens with zero attached hydrogens (tertiary/aromatic N) is 2. The molecule has 0 radical (unpaired) electrons. The van der Waals surface area contributed by atoms with Crippen LogP contribution in [0, 0.1) is 0 Å². The molecule has 1 N–H and O–H groups in total. The van der Waals surface area contributed by atoms with E-state index in [1.807, 2.05) is 5.51 Å². The molecule has 1 aromatic rings. The van der Waals surface area contributed by atoms with Crippen molar-refractivity contribution in [1.29, 1.82) is 0 Å². The van der Waals surface area contributed by atoms with E-state index in [1.54, 1.807) is 11.3 Å². The summed E-state index contributed by atoms with van der Waals surface area (Å²) in [5.41, 5.74) is 3.02. The van der Waals surface area contributed by atoms with Gasteiger partial charge in [-0.25, -0.2) is 4.98 Å². The Balaban J connectivity index is 0.00000196. The van der Waals surface area contributed by atoms with Crippen molar-refractivity contribution in [2.24, 2.45) is 0 Å². The van der Waals surface area contributed by atoms with Crippen molar-refractivity contribution in [3.8, 4) is 0 Å². The fourth-order valence-electron chi connectivity index (χ4n) is 1.38. The van der Waals surface area contributed by atoms with Gasteiger partial charge in [0.1, 0.15) is 0 Å². The second-order valence-electron chi connectivity index (χ2n) is 3.64. The van der Waals surface area contributed by atoms with E-state index in [0.717, 1.165) is 18.8 Å². The first kappa shape index (κ1) is 14.8. The van der Waals surface area contributed by atoms with Gasteiger partial charge in [0.05, 0.1) is 11.2 Å². The molecule has 5 heteroatoms. The number of rotatable bonds is 6. The molecule has 0 amide bonds. The maximum atomic E-state index is 4.23. The van der Waals surface area contributed by atoms with Crippen LogP contribution in [0.15, 0.2) is 10.9 Å². The van der Waals surface area contributed by atoms with Gasteiger partial charge in [-0.2, -0.15) is 0 Å². The Hall–Kier alpha value is -0.160. The van der Waals surface area contributed by atoms with Crippen molar-refractivity contribution >= 4 is 23.7 Å². The normalized spacial score (nSPS) is 12.5. The minimum atomic E-state index is 0. The summed E-state index contributed by atoms with van der Waals surface area (Å²) < 4.78 is 0. The molecule has 15 heavy (non-hydrogen) atoms. The third-order valence-corrected chi connectivity index (χ3v) is 3.01. The smallest absolute Gasteiger partial charge is 0.0795 e. The zero-order valence-electron chi connectivity index (χ0n) is 9.56. The van der Waals surface area contributed by atoms with Gasteiger partial charge >= 0.3 is 0 Å². The second kappa shape index (κ2) is 8.05. The van der Waals surface area contributed by atoms with E-state index < -0.39 is 0 Å². The largest absolute Gasteiger partial charge is 0.310 e. The molecular weight excluding hydrogens is 230 g/mol. The van der Waals surface area contributed by atoms with Gasteiger partial charge in [-0.1, -0.05) is 6.92 Å². The lowest BCUT2D eigenvalue weighted by Crippen LogP contribution is -2.37. The van der Waals surface area contributed by atoms with Crippen molar-refractivity contribution in [3.63, 3.8) is 0 Å². The van der Waals surface area contributed by atoms with Crippen molar-refractivity contribution in [2.45, 2.75) is 25.9 Å². The summed E-state index contributed by atoms with van der Waals surface area (Å²) >= 11 is 1.65. The number of nitrogens with one attached hydrogen (secondary N) is 1. The van der Waals surface area contributed by atoms with E-state index in [1.165, 1.54) is 6.42 Å². The SMILES string of the molecule is CCC(CNCc1cscn1)N(C)C.Cl. The molecule has 0 aliphatic rings. The highest BCUT2D eigenvalue weighted by Crippen LogP contribution is 2.01. The quantitative estimate of drug-likeness (QED) is 0.836. The first-order chi connectivity index (χ1) is 6.74. The lowest BCUT2D eigenvalue weighted by molar-refractivity contribution is 0.275. The van der Waals surface area contributed by atoms with Crippen molar-refractivity contribution in [2.75, 3.05) is 20.6 Å². The van der Waals surface area contributed by atoms with Gasteiger partial charge in [0.25, 0.3) is 0 Å². The van der Waals surface area contributed by atoms with Crippen LogP contribution in [0.25, 0.3) is 0 Å². The third kappa shape index (κ3) is 5.47. The molecule has 0 aliphatic carbocycles. The van der Waals surface area contributed by atoms with E-state index in [9.17, 15) is 0 Å². The Kier molecular flexibility index (Phi) is 7.96. The van der Waals surface area contributed by atoms with E-state index in [4.69, 9.17) is 0 Å². The van der Waals surface area contributed by atoms with Crippen LogP contribution in [0.2, 0.25) is 0 Å². The molecule has 0 bridgehead atoms. The topological polar surface area (TPSA) is 28.2 Å². The van der Waals surface area contributed by atoms with Gasteiger partial charge in [-0.3, -0.25) is 0 Å². The van der Waals surface area contributed by atoms with Crippen LogP contribution in [0.4, 0.5) is 0 Å². The molecule has 1 unspecified atom stereocenters. The summed E-state index contributed by atoms with van der Waals surface area (Å²) in [4.78, 5) is 6.48. The first-order valence-corrected chi connectivity index (χ1v) is 5.92. The van der Waals surface area contributed by atoms with Gasteiger partial charge in [0, 0.05) is 24.5 Å². The molecule has 0 fully saturated rings. The Bertz CT molecular complexity index is 239. The maximum absolute atomic E-state index is 4.23. The Labute approximate surface area is 102 Å². The molecule has 0 spiro atoms. The number of hydrogen-bond donors (Lipinski definition) is 1. The fourth-order valence-corrected chi connectivity index (χ4v) is 1.94. The number of halogens is 1. The molecule has 88 valence electrons. The summed E-state index contributed by atoms with van der Waals surface area (Å²) in [5, 5.41) is 5.51. The Morgan fingerprint density at radius 2 is 2.27 bits per heavy atom. The molecule has 3 nitrogen and oxygen atoms in total. The summed E-state index contributed by atoms with van der Waals surface area (Å²) in [6.07, 6.45) is 1.18. The minimum Gasteiger partial charge on any atom is -0.310 e. The molecule has 1 aromatic heterocycles. The molecule has 0 saturated carbocycles. The van der Waals surface area contributed by atoms with E-state index >= 15 is 0 Å². The minimum absolute atomic E-state index is 0. The molecule has 1 atom stereocenters. The molecule has 1 heterocycles. The first-order valence-electron chi connectivity index (χ1n) is 4.98. The van der Waals surface area contributed by atoms with Crippen LogP contribution in [0.5, 0.6) is 0 Å². The van der Waals surface area contributed by atoms with E-state index in [2.05, 4.69) is 41.6 Å². The summed E-state index contributed by atoms with van der Waals surface area (Å²) in [5.74, 6) is 0. The van der Waals surface area contributed by atoms with Gasteiger partial charge in [0.2, 0.25) is 0 Å². The van der Waals surface area contributed by atoms with E-state index in [0.29, 0.717) is 6.04 Å². The molecule has 1 rings (SSSR count). The molecular formula is C10H20ClN3S. The average molecular weight is 250 g/mol. The van der Waals surface area contributed by atoms with Gasteiger partial charge in [-0.15, -0.1) is 23.7 Å². The second-order valence-corrected chi connectivity index (χ2v) is 4.36. The van der Waals surface area contributed by atoms with E-state index in [-0.39, 0.29) is 12.4 Å². The lowest BCUT2D eigenvalue weighted by Gasteiger charge is -2.22. The standard InChI is InChI=1S/C10H19N3S.ClH/c1-4-10(13(2)3)6-11-5-9-7-14-8-12-9;/h7-8,10-11H,4-6H2,1-3H3;1H. The zero-order valence-corrected chi connectivity index (χ0v) is 11.2. The fraction of sp³-hybridized carbons (Fsp3) is 0.700. The predicted octanol–water partition coefficient (Wildman–Crippen LogP) is 1.99. The van der Waals surface area contributed by atoms with Crippen molar-refractivity contribution < 1.29 is 0 Å². The van der Waals surface area contributed by atoms with Crippen LogP contribution in [0.1, 0.15) is 19.0 Å². The zero-order chi connectivity index (χ0) is 10.4. The van der Waals surface area contributed by atoms with Crippen LogP contribution in [0.3, 0.4) is 0 Å². The van der Waals surface area contributed by atoms with Gasteiger partial charge < -0.3 is 10.2 Å². The number of likely N-dealkylation sites (N-methyl/N-ethyl adjacent to an activating group) is 1. The van der Waals surface area contributed by atoms with Gasteiger partial charge in [-0.05, 0) is 20.5 Å². The monoisotopic (exact) mass is 249 g/mol. The molecule has 0 aliphatic heterocycles. The van der Waals surface area contributed by atoms with Crippen molar-refractivity contribution in [3.05, 3.63) is 16.6 Å². The number of thiazole rings is 1. The molecule has 0 saturated heterocycles. The maximum Gasteiger partial charge on any atom is 0.0795 e. The van der Waals surface area contributed by atoms with Crippen LogP contribution < -0.4 is 5.32 Å². The van der Waals surface area contributed by atoms with Crippen LogP contribution >= 0.6 is 23.7 Å². The van der Waals surface area contributed by atoms with Crippen LogP contribution in [-0.2, 0) is 6.54 Å². The Morgan fingerprint density at radius 3 is 2.73 bits per heavy atom. The highest BCUT2D eigenvalue weighted by molar-refractivity contribution is 7.07. The van der Waals surface area contributed by atoms with Gasteiger partial charge in [0.15, 0.2) is 0 Å².